The highest BCUT2D eigenvalue weighted by Gasteiger charge is 2.09. The predicted octanol–water partition coefficient (Wildman–Crippen LogP) is 2.08. The van der Waals surface area contributed by atoms with Gasteiger partial charge < -0.3 is 5.32 Å². The maximum absolute atomic E-state index is 11.0. The van der Waals surface area contributed by atoms with Crippen LogP contribution in [0.4, 0.5) is 5.69 Å². The summed E-state index contributed by atoms with van der Waals surface area (Å²) in [4.78, 5) is 20.6. The molecule has 1 rings (SSSR count). The van der Waals surface area contributed by atoms with E-state index < -0.39 is 5.91 Å². The number of nitrogens with zero attached hydrogens (tertiary/aromatic N) is 2. The van der Waals surface area contributed by atoms with Crippen LogP contribution >= 0.6 is 39.1 Å². The van der Waals surface area contributed by atoms with Gasteiger partial charge in [-0.15, -0.1) is 0 Å². The Bertz CT molecular complexity index is 406. The second-order valence-electron chi connectivity index (χ2n) is 2.00. The molecular formula is C7H2BrCl2N3O. The Kier molecular flexibility index (Phi) is 4.14. The minimum absolute atomic E-state index is 0.0646. The maximum atomic E-state index is 11.0. The Labute approximate surface area is 98.2 Å². The molecule has 0 saturated heterocycles. The topological polar surface area (TPSA) is 54.9 Å². The van der Waals surface area contributed by atoms with E-state index in [1.807, 2.05) is 0 Å². The van der Waals surface area contributed by atoms with Crippen LogP contribution in [0.25, 0.3) is 0 Å². The van der Waals surface area contributed by atoms with Gasteiger partial charge in [-0.05, 0) is 4.83 Å². The SMILES string of the molecule is O=C(C#CBr)Nc1c(Cl)ncnc1Cl. The Morgan fingerprint density at radius 2 is 2.00 bits per heavy atom. The van der Waals surface area contributed by atoms with Crippen LogP contribution in [0.1, 0.15) is 0 Å². The van der Waals surface area contributed by atoms with E-state index in [1.165, 1.54) is 6.33 Å². The molecule has 0 fully saturated rings. The number of aromatic nitrogens is 2. The summed E-state index contributed by atoms with van der Waals surface area (Å²) in [6.07, 6.45) is 1.19. The summed E-state index contributed by atoms with van der Waals surface area (Å²) in [5.74, 6) is 1.64. The van der Waals surface area contributed by atoms with Crippen molar-refractivity contribution in [1.29, 1.82) is 0 Å². The average molecular weight is 295 g/mol. The van der Waals surface area contributed by atoms with Gasteiger partial charge in [0.05, 0.1) is 0 Å². The van der Waals surface area contributed by atoms with E-state index >= 15 is 0 Å². The van der Waals surface area contributed by atoms with E-state index in [0.717, 1.165) is 0 Å². The van der Waals surface area contributed by atoms with Gasteiger partial charge in [-0.2, -0.15) is 0 Å². The smallest absolute Gasteiger partial charge is 0.301 e. The number of carbonyl (C=O) groups is 1. The third kappa shape index (κ3) is 2.84. The van der Waals surface area contributed by atoms with Gasteiger partial charge in [0.2, 0.25) is 0 Å². The molecule has 0 radical (unpaired) electrons. The second-order valence-corrected chi connectivity index (χ2v) is 3.12. The number of hydrogen-bond acceptors (Lipinski definition) is 3. The molecule has 0 aliphatic rings. The molecule has 0 saturated carbocycles. The van der Waals surface area contributed by atoms with Crippen molar-refractivity contribution in [2.75, 3.05) is 5.32 Å². The van der Waals surface area contributed by atoms with E-state index in [9.17, 15) is 4.79 Å². The fourth-order valence-corrected chi connectivity index (χ4v) is 1.22. The number of amides is 1. The van der Waals surface area contributed by atoms with Crippen molar-refractivity contribution < 1.29 is 4.79 Å². The van der Waals surface area contributed by atoms with Gasteiger partial charge >= 0.3 is 5.91 Å². The van der Waals surface area contributed by atoms with Crippen molar-refractivity contribution in [3.8, 4) is 10.8 Å². The summed E-state index contributed by atoms with van der Waals surface area (Å²) < 4.78 is 0. The Hall–Kier alpha value is -0.830. The van der Waals surface area contributed by atoms with Gasteiger partial charge in [0.1, 0.15) is 12.0 Å². The molecule has 0 aliphatic carbocycles. The largest absolute Gasteiger partial charge is 0.310 e. The average Bonchev–Trinajstić information content (AvgIpc) is 2.12. The Morgan fingerprint density at radius 1 is 1.43 bits per heavy atom. The minimum atomic E-state index is -0.555. The zero-order valence-corrected chi connectivity index (χ0v) is 9.61. The van der Waals surface area contributed by atoms with Crippen molar-refractivity contribution in [2.45, 2.75) is 0 Å². The second kappa shape index (κ2) is 5.15. The first kappa shape index (κ1) is 11.2. The van der Waals surface area contributed by atoms with E-state index in [-0.39, 0.29) is 16.0 Å². The summed E-state index contributed by atoms with van der Waals surface area (Å²) >= 11 is 14.1. The number of halogens is 3. The van der Waals surface area contributed by atoms with Gasteiger partial charge in [-0.1, -0.05) is 23.2 Å². The molecule has 7 heteroatoms. The van der Waals surface area contributed by atoms with Gasteiger partial charge in [-0.3, -0.25) is 4.79 Å². The normalized spacial score (nSPS) is 8.79. The standard InChI is InChI=1S/C7H2BrCl2N3O/c8-2-1-4(14)13-5-6(9)11-3-12-7(5)10/h3H,(H,13,14). The Balaban J connectivity index is 2.95. The van der Waals surface area contributed by atoms with Crippen molar-refractivity contribution in [1.82, 2.24) is 9.97 Å². The quantitative estimate of drug-likeness (QED) is 0.637. The maximum Gasteiger partial charge on any atom is 0.301 e. The summed E-state index contributed by atoms with van der Waals surface area (Å²) in [6.45, 7) is 0. The van der Waals surface area contributed by atoms with E-state index in [1.54, 1.807) is 0 Å². The number of hydrogen-bond donors (Lipinski definition) is 1. The molecule has 0 atom stereocenters. The molecule has 1 amide bonds. The summed E-state index contributed by atoms with van der Waals surface area (Å²) in [5, 5.41) is 2.48. The molecule has 1 aromatic heterocycles. The van der Waals surface area contributed by atoms with Gasteiger partial charge in [-0.25, -0.2) is 9.97 Å². The van der Waals surface area contributed by atoms with Crippen LogP contribution in [0.3, 0.4) is 0 Å². The molecule has 4 nitrogen and oxygen atoms in total. The van der Waals surface area contributed by atoms with Crippen molar-refractivity contribution >= 4 is 50.7 Å². The molecule has 1 heterocycles. The highest BCUT2D eigenvalue weighted by Crippen LogP contribution is 2.25. The van der Waals surface area contributed by atoms with Gasteiger partial charge in [0.15, 0.2) is 10.3 Å². The van der Waals surface area contributed by atoms with Crippen LogP contribution in [-0.2, 0) is 4.79 Å². The first-order valence-corrected chi connectivity index (χ1v) is 4.78. The van der Waals surface area contributed by atoms with Gasteiger partial charge in [0, 0.05) is 21.9 Å². The van der Waals surface area contributed by atoms with E-state index in [2.05, 4.69) is 42.0 Å². The number of carbonyl (C=O) groups excluding carboxylic acids is 1. The van der Waals surface area contributed by atoms with Crippen molar-refractivity contribution in [3.63, 3.8) is 0 Å². The van der Waals surface area contributed by atoms with E-state index in [4.69, 9.17) is 23.2 Å². The summed E-state index contributed by atoms with van der Waals surface area (Å²) in [5.41, 5.74) is 0.149. The van der Waals surface area contributed by atoms with Crippen LogP contribution in [0.15, 0.2) is 6.33 Å². The first-order valence-electron chi connectivity index (χ1n) is 3.23. The lowest BCUT2D eigenvalue weighted by Crippen LogP contribution is -2.10. The minimum Gasteiger partial charge on any atom is -0.310 e. The third-order valence-electron chi connectivity index (χ3n) is 1.15. The lowest BCUT2D eigenvalue weighted by molar-refractivity contribution is -0.111. The molecule has 72 valence electrons. The molecule has 1 N–H and O–H groups in total. The van der Waals surface area contributed by atoms with Crippen LogP contribution in [0.5, 0.6) is 0 Å². The monoisotopic (exact) mass is 293 g/mol. The highest BCUT2D eigenvalue weighted by atomic mass is 79.9. The summed E-state index contributed by atoms with van der Waals surface area (Å²) in [7, 11) is 0. The Morgan fingerprint density at radius 3 is 2.50 bits per heavy atom. The van der Waals surface area contributed by atoms with Crippen molar-refractivity contribution in [2.24, 2.45) is 0 Å². The summed E-state index contributed by atoms with van der Waals surface area (Å²) in [6, 6.07) is 0. The molecule has 0 bridgehead atoms. The van der Waals surface area contributed by atoms with Crippen LogP contribution < -0.4 is 5.32 Å². The number of nitrogens with one attached hydrogen (secondary N) is 1. The van der Waals surface area contributed by atoms with E-state index in [0.29, 0.717) is 0 Å². The van der Waals surface area contributed by atoms with Crippen molar-refractivity contribution in [3.05, 3.63) is 16.6 Å². The first-order chi connectivity index (χ1) is 6.65. The lowest BCUT2D eigenvalue weighted by atomic mass is 10.5. The molecule has 14 heavy (non-hydrogen) atoms. The van der Waals surface area contributed by atoms with Crippen LogP contribution in [0, 0.1) is 10.8 Å². The van der Waals surface area contributed by atoms with Crippen LogP contribution in [0.2, 0.25) is 10.3 Å². The fourth-order valence-electron chi connectivity index (χ4n) is 0.635. The number of rotatable bonds is 1. The molecule has 0 aliphatic heterocycles. The third-order valence-corrected chi connectivity index (χ3v) is 1.93. The molecule has 0 aromatic carbocycles. The predicted molar refractivity (Wildman–Crippen MR) is 57.4 cm³/mol. The highest BCUT2D eigenvalue weighted by molar-refractivity contribution is 9.12. The molecule has 1 aromatic rings. The molecular weight excluding hydrogens is 293 g/mol. The zero-order chi connectivity index (χ0) is 10.6. The fraction of sp³-hybridized carbons (Fsp3) is 0. The van der Waals surface area contributed by atoms with Gasteiger partial charge in [0.25, 0.3) is 0 Å². The zero-order valence-electron chi connectivity index (χ0n) is 6.51. The molecule has 0 spiro atoms. The van der Waals surface area contributed by atoms with Crippen LogP contribution in [-0.4, -0.2) is 15.9 Å². The number of anilines is 1. The lowest BCUT2D eigenvalue weighted by Gasteiger charge is -2.03. The molecule has 0 unspecified atom stereocenters.